The molecule has 9 aromatic carbocycles. The first-order valence-corrected chi connectivity index (χ1v) is 22.4. The minimum absolute atomic E-state index is 0.0959. The monoisotopic (exact) mass is 830 g/mol. The highest BCUT2D eigenvalue weighted by molar-refractivity contribution is 6.14. The minimum atomic E-state index is -0.0959. The maximum Gasteiger partial charge on any atom is 0.235 e. The Morgan fingerprint density at radius 3 is 1.69 bits per heavy atom. The molecule has 0 bridgehead atoms. The number of para-hydroxylation sites is 2. The number of hydrogen-bond acceptors (Lipinski definition) is 2. The first-order valence-electron chi connectivity index (χ1n) is 22.4. The first kappa shape index (κ1) is 37.2. The van der Waals surface area contributed by atoms with E-state index in [4.69, 9.17) is 9.97 Å². The van der Waals surface area contributed by atoms with E-state index in [2.05, 4.69) is 229 Å². The van der Waals surface area contributed by atoms with Gasteiger partial charge in [-0.25, -0.2) is 9.97 Å². The van der Waals surface area contributed by atoms with Crippen LogP contribution in [0.2, 0.25) is 0 Å². The van der Waals surface area contributed by atoms with Crippen molar-refractivity contribution in [3.8, 4) is 67.4 Å². The summed E-state index contributed by atoms with van der Waals surface area (Å²) in [5.74, 6) is 0.645. The SMILES string of the molecule is CC1(C)c2ccccc2-c2cc3c(cc21)c1cc(-c2ccc4c(c2)c2ccccc2n4-c2nccc(-c4cccc(-c5ccc(-c6ccccc6)cc5)c4)n2)ccc1n3-c1ccccc1. The smallest absolute Gasteiger partial charge is 0.235 e. The third-order valence-corrected chi connectivity index (χ3v) is 13.8. The van der Waals surface area contributed by atoms with Crippen LogP contribution in [0.3, 0.4) is 0 Å². The van der Waals surface area contributed by atoms with Crippen molar-refractivity contribution < 1.29 is 0 Å². The predicted molar refractivity (Wildman–Crippen MR) is 270 cm³/mol. The molecule has 4 heteroatoms. The van der Waals surface area contributed by atoms with Gasteiger partial charge in [0.15, 0.2) is 0 Å². The minimum Gasteiger partial charge on any atom is -0.309 e. The molecule has 1 aliphatic carbocycles. The molecule has 65 heavy (non-hydrogen) atoms. The lowest BCUT2D eigenvalue weighted by Gasteiger charge is -2.21. The van der Waals surface area contributed by atoms with Gasteiger partial charge in [0, 0.05) is 44.4 Å². The highest BCUT2D eigenvalue weighted by Crippen LogP contribution is 2.51. The lowest BCUT2D eigenvalue weighted by molar-refractivity contribution is 0.661. The van der Waals surface area contributed by atoms with E-state index in [1.165, 1.54) is 77.3 Å². The zero-order valence-electron chi connectivity index (χ0n) is 36.1. The summed E-state index contributed by atoms with van der Waals surface area (Å²) >= 11 is 0. The highest BCUT2D eigenvalue weighted by Gasteiger charge is 2.36. The van der Waals surface area contributed by atoms with Gasteiger partial charge < -0.3 is 4.57 Å². The Balaban J connectivity index is 0.911. The fourth-order valence-electron chi connectivity index (χ4n) is 10.6. The van der Waals surface area contributed by atoms with Crippen molar-refractivity contribution in [3.63, 3.8) is 0 Å². The van der Waals surface area contributed by atoms with Crippen LogP contribution in [-0.4, -0.2) is 19.1 Å². The molecule has 1 aliphatic rings. The van der Waals surface area contributed by atoms with Crippen molar-refractivity contribution in [3.05, 3.63) is 230 Å². The van der Waals surface area contributed by atoms with Gasteiger partial charge in [-0.2, -0.15) is 0 Å². The number of rotatable bonds is 6. The summed E-state index contributed by atoms with van der Waals surface area (Å²) in [6, 6.07) is 77.0. The number of hydrogen-bond donors (Lipinski definition) is 0. The van der Waals surface area contributed by atoms with E-state index < -0.39 is 0 Å². The maximum atomic E-state index is 5.24. The molecule has 306 valence electrons. The predicted octanol–water partition coefficient (Wildman–Crippen LogP) is 15.6. The Morgan fingerprint density at radius 1 is 0.354 bits per heavy atom. The quantitative estimate of drug-likeness (QED) is 0.167. The molecule has 0 saturated carbocycles. The molecule has 0 spiro atoms. The standard InChI is InChI=1S/C61H42N4/c1-61(2)53-22-11-9-20-47(53)49-38-59-52(37-54(49)61)51-36-44(28-30-57(51)64(59)46-18-7-4-8-19-46)43-29-31-58-50(35-43)48-21-10-12-23-56(48)65(58)60-62-33-32-55(63-60)45-17-13-16-42(34-45)41-26-24-40(25-27-41)39-14-5-3-6-15-39/h3-38H,1-2H3. The van der Waals surface area contributed by atoms with Gasteiger partial charge in [0.2, 0.25) is 5.95 Å². The summed E-state index contributed by atoms with van der Waals surface area (Å²) in [4.78, 5) is 10.1. The van der Waals surface area contributed by atoms with E-state index in [-0.39, 0.29) is 5.41 Å². The third kappa shape index (κ3) is 5.84. The van der Waals surface area contributed by atoms with Gasteiger partial charge in [0.1, 0.15) is 0 Å². The van der Waals surface area contributed by atoms with Gasteiger partial charge in [-0.15, -0.1) is 0 Å². The van der Waals surface area contributed by atoms with Crippen molar-refractivity contribution in [2.75, 3.05) is 0 Å². The van der Waals surface area contributed by atoms with Crippen molar-refractivity contribution in [2.24, 2.45) is 0 Å². The number of nitrogens with zero attached hydrogens (tertiary/aromatic N) is 4. The third-order valence-electron chi connectivity index (χ3n) is 13.8. The van der Waals surface area contributed by atoms with Crippen molar-refractivity contribution in [2.45, 2.75) is 19.3 Å². The van der Waals surface area contributed by atoms with Crippen molar-refractivity contribution in [1.29, 1.82) is 0 Å². The molecule has 3 heterocycles. The molecule has 0 N–H and O–H groups in total. The molecular weight excluding hydrogens is 789 g/mol. The van der Waals surface area contributed by atoms with Gasteiger partial charge in [0.25, 0.3) is 0 Å². The maximum absolute atomic E-state index is 5.24. The second-order valence-corrected chi connectivity index (χ2v) is 17.8. The fourth-order valence-corrected chi connectivity index (χ4v) is 10.6. The highest BCUT2D eigenvalue weighted by atomic mass is 15.2. The number of aromatic nitrogens is 4. The molecule has 0 radical (unpaired) electrons. The Hall–Kier alpha value is -8.34. The summed E-state index contributed by atoms with van der Waals surface area (Å²) in [7, 11) is 0. The summed E-state index contributed by atoms with van der Waals surface area (Å²) in [6.45, 7) is 4.73. The van der Waals surface area contributed by atoms with Gasteiger partial charge in [0.05, 0.1) is 27.8 Å². The molecule has 4 nitrogen and oxygen atoms in total. The van der Waals surface area contributed by atoms with Gasteiger partial charge >= 0.3 is 0 Å². The Morgan fingerprint density at radius 2 is 0.908 bits per heavy atom. The summed E-state index contributed by atoms with van der Waals surface area (Å²) in [5, 5.41) is 4.85. The molecule has 0 saturated heterocycles. The normalized spacial score (nSPS) is 12.9. The fraction of sp³-hybridized carbons (Fsp3) is 0.0492. The van der Waals surface area contributed by atoms with Gasteiger partial charge in [-0.05, 0) is 122 Å². The van der Waals surface area contributed by atoms with Crippen molar-refractivity contribution in [1.82, 2.24) is 19.1 Å². The molecule has 0 unspecified atom stereocenters. The average molecular weight is 831 g/mol. The van der Waals surface area contributed by atoms with Crippen LogP contribution in [0.25, 0.3) is 111 Å². The van der Waals surface area contributed by atoms with Crippen LogP contribution in [0.5, 0.6) is 0 Å². The Kier molecular flexibility index (Phi) is 8.22. The van der Waals surface area contributed by atoms with E-state index in [1.54, 1.807) is 0 Å². The van der Waals surface area contributed by atoms with Gasteiger partial charge in [-0.1, -0.05) is 159 Å². The van der Waals surface area contributed by atoms with E-state index in [0.29, 0.717) is 5.95 Å². The number of benzene rings is 9. The van der Waals surface area contributed by atoms with Crippen molar-refractivity contribution >= 4 is 43.6 Å². The average Bonchev–Trinajstić information content (AvgIpc) is 3.96. The first-order chi connectivity index (χ1) is 32.0. The molecule has 0 fully saturated rings. The molecular formula is C61H42N4. The Labute approximate surface area is 377 Å². The van der Waals surface area contributed by atoms with Crippen LogP contribution < -0.4 is 0 Å². The van der Waals surface area contributed by atoms with Crippen LogP contribution >= 0.6 is 0 Å². The number of fused-ring (bicyclic) bond motifs is 9. The van der Waals surface area contributed by atoms with Gasteiger partial charge in [-0.3, -0.25) is 4.57 Å². The summed E-state index contributed by atoms with van der Waals surface area (Å²) in [6.07, 6.45) is 1.88. The van der Waals surface area contributed by atoms with E-state index in [1.807, 2.05) is 12.3 Å². The molecule has 13 rings (SSSR count). The van der Waals surface area contributed by atoms with Crippen LogP contribution in [-0.2, 0) is 5.41 Å². The van der Waals surface area contributed by atoms with Crippen LogP contribution in [0.1, 0.15) is 25.0 Å². The summed E-state index contributed by atoms with van der Waals surface area (Å²) in [5.41, 5.74) is 20.1. The molecule has 0 aliphatic heterocycles. The van der Waals surface area contributed by atoms with Crippen LogP contribution in [0.4, 0.5) is 0 Å². The van der Waals surface area contributed by atoms with E-state index >= 15 is 0 Å². The second kappa shape index (κ2) is 14.3. The summed E-state index contributed by atoms with van der Waals surface area (Å²) < 4.78 is 4.65. The second-order valence-electron chi connectivity index (χ2n) is 17.8. The zero-order chi connectivity index (χ0) is 43.2. The van der Waals surface area contributed by atoms with E-state index in [0.717, 1.165) is 38.9 Å². The van der Waals surface area contributed by atoms with E-state index in [9.17, 15) is 0 Å². The van der Waals surface area contributed by atoms with Crippen LogP contribution in [0, 0.1) is 0 Å². The lowest BCUT2D eigenvalue weighted by Crippen LogP contribution is -2.14. The topological polar surface area (TPSA) is 35.6 Å². The molecule has 0 amide bonds. The zero-order valence-corrected chi connectivity index (χ0v) is 36.1. The molecule has 0 atom stereocenters. The molecule has 12 aromatic rings. The Bertz CT molecular complexity index is 3840. The molecule has 3 aromatic heterocycles. The largest absolute Gasteiger partial charge is 0.309 e. The van der Waals surface area contributed by atoms with Crippen LogP contribution in [0.15, 0.2) is 219 Å². The lowest BCUT2D eigenvalue weighted by atomic mass is 9.82.